The minimum Gasteiger partial charge on any atom is -0.351 e. The number of aromatic nitrogens is 3. The highest BCUT2D eigenvalue weighted by molar-refractivity contribution is 5.63. The smallest absolute Gasteiger partial charge is 0.238 e. The molecule has 1 atom stereocenters. The third-order valence-corrected chi connectivity index (χ3v) is 4.22. The molecule has 0 saturated carbocycles. The van der Waals surface area contributed by atoms with Gasteiger partial charge >= 0.3 is 0 Å². The van der Waals surface area contributed by atoms with Gasteiger partial charge in [0.2, 0.25) is 6.41 Å². The van der Waals surface area contributed by atoms with E-state index in [0.717, 1.165) is 18.8 Å². The molecule has 24 heavy (non-hydrogen) atoms. The average Bonchev–Trinajstić information content (AvgIpc) is 3.04. The van der Waals surface area contributed by atoms with E-state index in [-0.39, 0.29) is 5.41 Å². The van der Waals surface area contributed by atoms with E-state index in [9.17, 15) is 5.11 Å². The number of aliphatic hydroxyl groups excluding tert-OH is 1. The van der Waals surface area contributed by atoms with Gasteiger partial charge in [0.25, 0.3) is 0 Å². The van der Waals surface area contributed by atoms with E-state index in [1.165, 1.54) is 11.1 Å². The summed E-state index contributed by atoms with van der Waals surface area (Å²) in [6, 6.07) is 6.36. The number of hydrogen-bond donors (Lipinski definition) is 1. The summed E-state index contributed by atoms with van der Waals surface area (Å²) in [6.45, 7) is 11.7. The molecule has 2 heterocycles. The molecule has 1 N–H and O–H groups in total. The van der Waals surface area contributed by atoms with Gasteiger partial charge in [-0.05, 0) is 38.0 Å². The van der Waals surface area contributed by atoms with Crippen LogP contribution in [0.15, 0.2) is 30.9 Å². The third-order valence-electron chi connectivity index (χ3n) is 4.22. The second-order valence-electron chi connectivity index (χ2n) is 8.05. The second kappa shape index (κ2) is 5.86. The van der Waals surface area contributed by atoms with Crippen LogP contribution in [0.3, 0.4) is 0 Å². The van der Waals surface area contributed by atoms with E-state index in [1.54, 1.807) is 12.7 Å². The Morgan fingerprint density at radius 1 is 1.25 bits per heavy atom. The molecule has 1 aliphatic rings. The van der Waals surface area contributed by atoms with Crippen molar-refractivity contribution in [1.29, 1.82) is 0 Å². The van der Waals surface area contributed by atoms with Gasteiger partial charge in [0.05, 0.1) is 12.1 Å². The standard InChI is InChI=1S/C18H26N4O2/c1-17(2,3)24-16(23)22-10-18(4,5)14-8-13(6-7-15(14)22)9-21-11-19-20-12-21/h6-8,11-12,16,23H,9-10H2,1-5H3. The Labute approximate surface area is 143 Å². The number of benzene rings is 1. The fraction of sp³-hybridized carbons (Fsp3) is 0.556. The van der Waals surface area contributed by atoms with Crippen LogP contribution in [0, 0.1) is 0 Å². The van der Waals surface area contributed by atoms with Crippen LogP contribution in [0.1, 0.15) is 45.7 Å². The van der Waals surface area contributed by atoms with Crippen LogP contribution in [0.5, 0.6) is 0 Å². The number of rotatable bonds is 4. The minimum atomic E-state index is -0.950. The SMILES string of the molecule is CC(C)(C)OC(O)N1CC(C)(C)c2cc(Cn3cnnc3)ccc21. The predicted molar refractivity (Wildman–Crippen MR) is 92.8 cm³/mol. The molecule has 1 aromatic heterocycles. The van der Waals surface area contributed by atoms with Gasteiger partial charge in [-0.1, -0.05) is 26.0 Å². The Kier molecular flexibility index (Phi) is 4.13. The Morgan fingerprint density at radius 2 is 1.92 bits per heavy atom. The molecule has 0 saturated heterocycles. The highest BCUT2D eigenvalue weighted by atomic mass is 16.6. The van der Waals surface area contributed by atoms with Gasteiger partial charge in [0.15, 0.2) is 0 Å². The minimum absolute atomic E-state index is 0.0548. The first kappa shape index (κ1) is 16.9. The number of hydrogen-bond acceptors (Lipinski definition) is 5. The molecule has 0 radical (unpaired) electrons. The average molecular weight is 330 g/mol. The topological polar surface area (TPSA) is 63.4 Å². The van der Waals surface area contributed by atoms with Crippen LogP contribution < -0.4 is 4.90 Å². The summed E-state index contributed by atoms with van der Waals surface area (Å²) in [5, 5.41) is 18.2. The largest absolute Gasteiger partial charge is 0.351 e. The van der Waals surface area contributed by atoms with Crippen molar-refractivity contribution >= 4 is 5.69 Å². The maximum absolute atomic E-state index is 10.5. The van der Waals surface area contributed by atoms with Gasteiger partial charge in [0, 0.05) is 17.6 Å². The van der Waals surface area contributed by atoms with Crippen molar-refractivity contribution in [2.24, 2.45) is 0 Å². The molecule has 2 aromatic rings. The predicted octanol–water partition coefficient (Wildman–Crippen LogP) is 2.52. The molecule has 6 heteroatoms. The van der Waals surface area contributed by atoms with Crippen molar-refractivity contribution in [2.45, 2.75) is 58.6 Å². The maximum atomic E-state index is 10.5. The van der Waals surface area contributed by atoms with E-state index >= 15 is 0 Å². The van der Waals surface area contributed by atoms with E-state index in [4.69, 9.17) is 4.74 Å². The summed E-state index contributed by atoms with van der Waals surface area (Å²) in [6.07, 6.45) is 2.48. The first-order chi connectivity index (χ1) is 11.2. The Hall–Kier alpha value is -1.92. The summed E-state index contributed by atoms with van der Waals surface area (Å²) >= 11 is 0. The lowest BCUT2D eigenvalue weighted by atomic mass is 9.86. The van der Waals surface area contributed by atoms with Crippen LogP contribution in [0.4, 0.5) is 5.69 Å². The molecule has 0 spiro atoms. The molecule has 3 rings (SSSR count). The van der Waals surface area contributed by atoms with Gasteiger partial charge < -0.3 is 19.3 Å². The molecule has 1 aliphatic heterocycles. The third kappa shape index (κ3) is 3.44. The first-order valence-corrected chi connectivity index (χ1v) is 8.24. The van der Waals surface area contributed by atoms with Crippen molar-refractivity contribution < 1.29 is 9.84 Å². The van der Waals surface area contributed by atoms with E-state index in [2.05, 4.69) is 42.2 Å². The molecule has 6 nitrogen and oxygen atoms in total. The summed E-state index contributed by atoms with van der Waals surface area (Å²) in [5.41, 5.74) is 2.99. The molecule has 1 unspecified atom stereocenters. The van der Waals surface area contributed by atoms with Crippen molar-refractivity contribution in [3.05, 3.63) is 42.0 Å². The van der Waals surface area contributed by atoms with Crippen molar-refractivity contribution in [3.8, 4) is 0 Å². The summed E-state index contributed by atoms with van der Waals surface area (Å²) in [4.78, 5) is 1.93. The monoisotopic (exact) mass is 330 g/mol. The number of nitrogens with zero attached hydrogens (tertiary/aromatic N) is 4. The van der Waals surface area contributed by atoms with Crippen LogP contribution >= 0.6 is 0 Å². The number of aliphatic hydroxyl groups is 1. The van der Waals surface area contributed by atoms with Crippen LogP contribution in [0.25, 0.3) is 0 Å². The molecule has 1 aromatic carbocycles. The van der Waals surface area contributed by atoms with Gasteiger partial charge in [-0.2, -0.15) is 0 Å². The summed E-state index contributed by atoms with van der Waals surface area (Å²) in [7, 11) is 0. The Bertz CT molecular complexity index is 704. The lowest BCUT2D eigenvalue weighted by molar-refractivity contribution is -0.164. The van der Waals surface area contributed by atoms with Crippen molar-refractivity contribution in [3.63, 3.8) is 0 Å². The fourth-order valence-electron chi connectivity index (χ4n) is 3.16. The quantitative estimate of drug-likeness (QED) is 0.873. The zero-order chi connectivity index (χ0) is 17.5. The first-order valence-electron chi connectivity index (χ1n) is 8.24. The van der Waals surface area contributed by atoms with Crippen molar-refractivity contribution in [1.82, 2.24) is 14.8 Å². The van der Waals surface area contributed by atoms with Gasteiger partial charge in [-0.3, -0.25) is 0 Å². The zero-order valence-electron chi connectivity index (χ0n) is 15.0. The zero-order valence-corrected chi connectivity index (χ0v) is 15.0. The van der Waals surface area contributed by atoms with Crippen LogP contribution in [-0.4, -0.2) is 38.4 Å². The van der Waals surface area contributed by atoms with E-state index in [1.807, 2.05) is 30.2 Å². The lowest BCUT2D eigenvalue weighted by Gasteiger charge is -2.32. The summed E-state index contributed by atoms with van der Waals surface area (Å²) < 4.78 is 7.69. The van der Waals surface area contributed by atoms with Gasteiger partial charge in [-0.15, -0.1) is 10.2 Å². The summed E-state index contributed by atoms with van der Waals surface area (Å²) in [5.74, 6) is 0. The highest BCUT2D eigenvalue weighted by Crippen LogP contribution is 2.42. The molecule has 0 fully saturated rings. The van der Waals surface area contributed by atoms with Gasteiger partial charge in [0.1, 0.15) is 12.7 Å². The number of fused-ring (bicyclic) bond motifs is 1. The highest BCUT2D eigenvalue weighted by Gasteiger charge is 2.39. The maximum Gasteiger partial charge on any atom is 0.238 e. The molecule has 0 amide bonds. The second-order valence-corrected chi connectivity index (χ2v) is 8.05. The molecular formula is C18H26N4O2. The molecule has 130 valence electrons. The Morgan fingerprint density at radius 3 is 2.54 bits per heavy atom. The van der Waals surface area contributed by atoms with E-state index < -0.39 is 12.0 Å². The lowest BCUT2D eigenvalue weighted by Crippen LogP contribution is -2.43. The van der Waals surface area contributed by atoms with Gasteiger partial charge in [-0.25, -0.2) is 0 Å². The molecular weight excluding hydrogens is 304 g/mol. The Balaban J connectivity index is 1.88. The normalized spacial score (nSPS) is 17.8. The number of anilines is 1. The van der Waals surface area contributed by atoms with Crippen molar-refractivity contribution in [2.75, 3.05) is 11.4 Å². The van der Waals surface area contributed by atoms with Crippen LogP contribution in [0.2, 0.25) is 0 Å². The van der Waals surface area contributed by atoms with E-state index in [0.29, 0.717) is 0 Å². The number of ether oxygens (including phenoxy) is 1. The van der Waals surface area contributed by atoms with Crippen LogP contribution in [-0.2, 0) is 16.7 Å². The molecule has 0 bridgehead atoms. The molecule has 0 aliphatic carbocycles. The fourth-order valence-corrected chi connectivity index (χ4v) is 3.16.